The first-order valence-corrected chi connectivity index (χ1v) is 13.2. The number of hydrogen-bond acceptors (Lipinski definition) is 5. The van der Waals surface area contributed by atoms with Crippen LogP contribution >= 0.6 is 15.9 Å². The van der Waals surface area contributed by atoms with Crippen LogP contribution in [0.2, 0.25) is 25.7 Å². The van der Waals surface area contributed by atoms with Gasteiger partial charge in [-0.2, -0.15) is 0 Å². The molecule has 1 aromatic carbocycles. The topological polar surface area (TPSA) is 48.8 Å². The molecule has 26 heavy (non-hydrogen) atoms. The Labute approximate surface area is 163 Å². The smallest absolute Gasteiger partial charge is 0.268 e. The molecule has 1 aliphatic rings. The first-order chi connectivity index (χ1) is 12.3. The van der Waals surface area contributed by atoms with Crippen LogP contribution in [0.15, 0.2) is 29.1 Å². The van der Waals surface area contributed by atoms with E-state index >= 15 is 0 Å². The zero-order valence-corrected chi connectivity index (χ0v) is 18.5. The van der Waals surface area contributed by atoms with Crippen LogP contribution in [0.5, 0.6) is 0 Å². The zero-order chi connectivity index (χ0) is 18.9. The number of anilines is 1. The summed E-state index contributed by atoms with van der Waals surface area (Å²) in [4.78, 5) is 6.78. The van der Waals surface area contributed by atoms with Crippen molar-refractivity contribution in [3.05, 3.63) is 34.7 Å². The summed E-state index contributed by atoms with van der Waals surface area (Å²) < 4.78 is 20.2. The van der Waals surface area contributed by atoms with Crippen molar-refractivity contribution in [3.63, 3.8) is 0 Å². The normalized spacial score (nSPS) is 14.7. The fourth-order valence-corrected chi connectivity index (χ4v) is 4.04. The summed E-state index contributed by atoms with van der Waals surface area (Å²) in [6.45, 7) is 8.26. The molecule has 2 aromatic rings. The minimum Gasteiger partial charge on any atom is -0.455 e. The minimum absolute atomic E-state index is 0.448. The Balaban J connectivity index is 1.97. The highest BCUT2D eigenvalue weighted by molar-refractivity contribution is 9.10. The lowest BCUT2D eigenvalue weighted by Crippen LogP contribution is -2.22. The lowest BCUT2D eigenvalue weighted by atomic mass is 10.1. The maximum absolute atomic E-state index is 6.02. The molecule has 3 rings (SSSR count). The average molecular weight is 440 g/mol. The molecule has 0 atom stereocenters. The highest BCUT2D eigenvalue weighted by Gasteiger charge is 2.25. The molecule has 0 unspecified atom stereocenters. The molecule has 1 aliphatic heterocycles. The van der Waals surface area contributed by atoms with E-state index in [4.69, 9.17) is 19.2 Å². The number of halogens is 1. The van der Waals surface area contributed by atoms with E-state index in [0.29, 0.717) is 6.73 Å². The van der Waals surface area contributed by atoms with Crippen LogP contribution in [-0.4, -0.2) is 38.3 Å². The van der Waals surface area contributed by atoms with Crippen LogP contribution in [-0.2, 0) is 20.9 Å². The van der Waals surface area contributed by atoms with Gasteiger partial charge in [0.2, 0.25) is 5.95 Å². The number of ether oxygens (including phenoxy) is 3. The number of benzene rings is 1. The third kappa shape index (κ3) is 4.24. The van der Waals surface area contributed by atoms with Gasteiger partial charge in [0.05, 0.1) is 16.6 Å². The Morgan fingerprint density at radius 2 is 1.92 bits per heavy atom. The van der Waals surface area contributed by atoms with Crippen molar-refractivity contribution in [2.24, 2.45) is 0 Å². The SMILES string of the molecule is CN(C)c1nc2cc(Br)cc(C3OC=CO3)c2n1COCC[Si](C)(C)C. The van der Waals surface area contributed by atoms with Gasteiger partial charge in [0.15, 0.2) is 0 Å². The summed E-state index contributed by atoms with van der Waals surface area (Å²) in [5, 5.41) is 0. The van der Waals surface area contributed by atoms with Crippen LogP contribution in [0.3, 0.4) is 0 Å². The maximum atomic E-state index is 6.02. The standard InChI is InChI=1S/C18H26BrN3O3Si/c1-21(2)18-20-15-11-13(19)10-14(17-24-6-7-25-17)16(15)22(18)12-23-8-9-26(3,4)5/h6-7,10-11,17H,8-9,12H2,1-5H3. The lowest BCUT2D eigenvalue weighted by Gasteiger charge is -2.19. The Bertz CT molecular complexity index is 806. The number of hydrogen-bond donors (Lipinski definition) is 0. The number of aromatic nitrogens is 2. The van der Waals surface area contributed by atoms with E-state index in [1.165, 1.54) is 0 Å². The van der Waals surface area contributed by atoms with Gasteiger partial charge in [-0.1, -0.05) is 35.6 Å². The van der Waals surface area contributed by atoms with Gasteiger partial charge in [-0.15, -0.1) is 0 Å². The van der Waals surface area contributed by atoms with Crippen molar-refractivity contribution in [1.82, 2.24) is 9.55 Å². The average Bonchev–Trinajstić information content (AvgIpc) is 3.17. The second-order valence-electron chi connectivity index (χ2n) is 7.82. The maximum Gasteiger partial charge on any atom is 0.268 e. The third-order valence-corrected chi connectivity index (χ3v) is 6.31. The van der Waals surface area contributed by atoms with Gasteiger partial charge in [0.25, 0.3) is 6.29 Å². The van der Waals surface area contributed by atoms with Gasteiger partial charge in [-0.05, 0) is 18.2 Å². The summed E-state index contributed by atoms with van der Waals surface area (Å²) in [6.07, 6.45) is 2.66. The van der Waals surface area contributed by atoms with E-state index < -0.39 is 14.4 Å². The van der Waals surface area contributed by atoms with E-state index in [1.54, 1.807) is 12.5 Å². The highest BCUT2D eigenvalue weighted by atomic mass is 79.9. The van der Waals surface area contributed by atoms with Gasteiger partial charge < -0.3 is 19.1 Å². The predicted molar refractivity (Wildman–Crippen MR) is 110 cm³/mol. The van der Waals surface area contributed by atoms with Crippen LogP contribution in [0.1, 0.15) is 11.9 Å². The van der Waals surface area contributed by atoms with Crippen molar-refractivity contribution < 1.29 is 14.2 Å². The number of nitrogens with zero attached hydrogens (tertiary/aromatic N) is 3. The van der Waals surface area contributed by atoms with Crippen LogP contribution in [0.4, 0.5) is 5.95 Å². The first-order valence-electron chi connectivity index (χ1n) is 8.67. The predicted octanol–water partition coefficient (Wildman–Crippen LogP) is 4.69. The Morgan fingerprint density at radius 3 is 2.54 bits per heavy atom. The third-order valence-electron chi connectivity index (χ3n) is 4.15. The molecule has 0 N–H and O–H groups in total. The quantitative estimate of drug-likeness (QED) is 0.462. The molecule has 0 saturated heterocycles. The van der Waals surface area contributed by atoms with Gasteiger partial charge in [0.1, 0.15) is 19.3 Å². The summed E-state index contributed by atoms with van der Waals surface area (Å²) in [5.74, 6) is 0.846. The molecule has 6 nitrogen and oxygen atoms in total. The van der Waals surface area contributed by atoms with Crippen LogP contribution < -0.4 is 4.90 Å². The molecule has 0 radical (unpaired) electrons. The van der Waals surface area contributed by atoms with E-state index in [1.807, 2.05) is 31.1 Å². The molecular weight excluding hydrogens is 414 g/mol. The summed E-state index contributed by atoms with van der Waals surface area (Å²) >= 11 is 3.57. The molecule has 0 aliphatic carbocycles. The number of rotatable bonds is 7. The fourth-order valence-electron chi connectivity index (χ4n) is 2.82. The number of imidazole rings is 1. The Kier molecular flexibility index (Phi) is 5.64. The molecule has 0 saturated carbocycles. The second-order valence-corrected chi connectivity index (χ2v) is 14.4. The molecule has 8 heteroatoms. The molecular formula is C18H26BrN3O3Si. The number of fused-ring (bicyclic) bond motifs is 1. The molecule has 1 aromatic heterocycles. The minimum atomic E-state index is -1.12. The fraction of sp³-hybridized carbons (Fsp3) is 0.500. The first kappa shape index (κ1) is 19.3. The molecule has 0 spiro atoms. The summed E-state index contributed by atoms with van der Waals surface area (Å²) in [5.41, 5.74) is 2.78. The summed E-state index contributed by atoms with van der Waals surface area (Å²) in [7, 11) is 2.85. The highest BCUT2D eigenvalue weighted by Crippen LogP contribution is 2.35. The Hall–Kier alpha value is -1.51. The molecule has 0 bridgehead atoms. The van der Waals surface area contributed by atoms with Crippen LogP contribution in [0.25, 0.3) is 11.0 Å². The van der Waals surface area contributed by atoms with Crippen molar-refractivity contribution in [3.8, 4) is 0 Å². The molecule has 0 amide bonds. The van der Waals surface area contributed by atoms with Gasteiger partial charge in [0, 0.05) is 33.2 Å². The molecule has 142 valence electrons. The van der Waals surface area contributed by atoms with E-state index in [2.05, 4.69) is 40.1 Å². The largest absolute Gasteiger partial charge is 0.455 e. The zero-order valence-electron chi connectivity index (χ0n) is 16.0. The lowest BCUT2D eigenvalue weighted by molar-refractivity contribution is -0.0239. The Morgan fingerprint density at radius 1 is 1.23 bits per heavy atom. The second kappa shape index (κ2) is 7.62. The van der Waals surface area contributed by atoms with Gasteiger partial charge >= 0.3 is 0 Å². The van der Waals surface area contributed by atoms with Gasteiger partial charge in [-0.3, -0.25) is 4.57 Å². The van der Waals surface area contributed by atoms with E-state index in [0.717, 1.165) is 39.7 Å². The van der Waals surface area contributed by atoms with E-state index in [-0.39, 0.29) is 0 Å². The van der Waals surface area contributed by atoms with Gasteiger partial charge in [-0.25, -0.2) is 4.98 Å². The van der Waals surface area contributed by atoms with Crippen molar-refractivity contribution >= 4 is 41.0 Å². The molecule has 0 fully saturated rings. The summed E-state index contributed by atoms with van der Waals surface area (Å²) in [6, 6.07) is 5.15. The van der Waals surface area contributed by atoms with Crippen molar-refractivity contribution in [2.75, 3.05) is 25.6 Å². The van der Waals surface area contributed by atoms with Crippen molar-refractivity contribution in [2.45, 2.75) is 38.7 Å². The monoisotopic (exact) mass is 439 g/mol. The van der Waals surface area contributed by atoms with Crippen molar-refractivity contribution in [1.29, 1.82) is 0 Å². The van der Waals surface area contributed by atoms with Crippen LogP contribution in [0, 0.1) is 0 Å². The van der Waals surface area contributed by atoms with E-state index in [9.17, 15) is 0 Å². The molecule has 2 heterocycles.